The summed E-state index contributed by atoms with van der Waals surface area (Å²) in [6, 6.07) is 2.93. The molecule has 13 heteroatoms. The Kier molecular flexibility index (Phi) is 9.19. The molecule has 5 atom stereocenters. The molecule has 1 saturated carbocycles. The van der Waals surface area contributed by atoms with Crippen molar-refractivity contribution in [3.05, 3.63) is 35.4 Å². The third-order valence-corrected chi connectivity index (χ3v) is 11.4. The molecular formula is C37H47FN8O4. The number of benzene rings is 1. The van der Waals surface area contributed by atoms with Crippen LogP contribution in [0.2, 0.25) is 0 Å². The molecule has 3 N–H and O–H groups in total. The number of amides is 1. The molecule has 4 fully saturated rings. The number of hydrogen-bond donors (Lipinski definition) is 2. The second-order valence-corrected chi connectivity index (χ2v) is 14.6. The molecule has 0 unspecified atom stereocenters. The first kappa shape index (κ1) is 33.1. The number of piperidine rings is 1. The Morgan fingerprint density at radius 3 is 2.92 bits per heavy atom. The number of anilines is 1. The van der Waals surface area contributed by atoms with Crippen LogP contribution >= 0.6 is 0 Å². The minimum absolute atomic E-state index is 0.164. The lowest BCUT2D eigenvalue weighted by atomic mass is 9.90. The fourth-order valence-corrected chi connectivity index (χ4v) is 8.91. The van der Waals surface area contributed by atoms with Crippen molar-refractivity contribution in [3.8, 4) is 17.3 Å². The standard InChI is InChI=1S/C37H47FN8O4/c1-3-5-22-6-4-10-45(18-22)35-28-16-40-34(32(38)33(28)42-37(43-35)50-20-25-8-7-24-19-48-13-11-46(24)25)31-27-17-41-44-29(27)14-21(2)30(31)26-15-23(26)9-12-49-36(39)47/h14,16-17,22-26H,3-13,15,18-20H2,1-2H3,(H2,39,47)(H,41,44)/t22-,23-,24-,25-,26+/m1/s1. The number of morpholine rings is 1. The van der Waals surface area contributed by atoms with Gasteiger partial charge in [-0.3, -0.25) is 15.0 Å². The first-order chi connectivity index (χ1) is 24.4. The monoisotopic (exact) mass is 686 g/mol. The molecule has 0 spiro atoms. The van der Waals surface area contributed by atoms with Crippen LogP contribution in [0.3, 0.4) is 0 Å². The third-order valence-electron chi connectivity index (χ3n) is 11.4. The summed E-state index contributed by atoms with van der Waals surface area (Å²) in [5, 5.41) is 8.80. The normalized spacial score (nSPS) is 25.3. The Morgan fingerprint density at radius 1 is 1.16 bits per heavy atom. The highest BCUT2D eigenvalue weighted by Crippen LogP contribution is 2.54. The van der Waals surface area contributed by atoms with Crippen LogP contribution in [-0.4, -0.2) is 94.3 Å². The third kappa shape index (κ3) is 6.34. The van der Waals surface area contributed by atoms with Gasteiger partial charge in [0.15, 0.2) is 5.82 Å². The predicted molar refractivity (Wildman–Crippen MR) is 188 cm³/mol. The molecule has 0 bridgehead atoms. The topological polar surface area (TPSA) is 145 Å². The summed E-state index contributed by atoms with van der Waals surface area (Å²) in [4.78, 5) is 30.6. The van der Waals surface area contributed by atoms with E-state index in [2.05, 4.69) is 33.0 Å². The van der Waals surface area contributed by atoms with Crippen molar-refractivity contribution in [1.29, 1.82) is 0 Å². The van der Waals surface area contributed by atoms with Gasteiger partial charge in [-0.2, -0.15) is 15.1 Å². The van der Waals surface area contributed by atoms with Crippen LogP contribution in [0.5, 0.6) is 6.01 Å². The highest BCUT2D eigenvalue weighted by molar-refractivity contribution is 6.00. The molecule has 50 heavy (non-hydrogen) atoms. The molecule has 4 aliphatic rings. The molecule has 3 aliphatic heterocycles. The van der Waals surface area contributed by atoms with Gasteiger partial charge in [-0.15, -0.1) is 0 Å². The number of carbonyl (C=O) groups excluding carboxylic acids is 1. The number of pyridine rings is 1. The number of aryl methyl sites for hydroxylation is 1. The van der Waals surface area contributed by atoms with Crippen LogP contribution in [0, 0.1) is 24.6 Å². The number of hydrogen-bond acceptors (Lipinski definition) is 10. The van der Waals surface area contributed by atoms with E-state index in [0.29, 0.717) is 36.2 Å². The summed E-state index contributed by atoms with van der Waals surface area (Å²) in [5.74, 6) is 1.20. The lowest BCUT2D eigenvalue weighted by Gasteiger charge is -2.34. The number of halogens is 1. The zero-order valence-corrected chi connectivity index (χ0v) is 29.0. The van der Waals surface area contributed by atoms with Crippen LogP contribution in [0.15, 0.2) is 18.5 Å². The summed E-state index contributed by atoms with van der Waals surface area (Å²) in [6.07, 6.45) is 10.9. The van der Waals surface area contributed by atoms with E-state index in [1.165, 1.54) is 6.42 Å². The van der Waals surface area contributed by atoms with Crippen LogP contribution in [0.25, 0.3) is 33.1 Å². The molecular weight excluding hydrogens is 639 g/mol. The number of aromatic amines is 1. The maximum Gasteiger partial charge on any atom is 0.404 e. The molecule has 0 radical (unpaired) electrons. The van der Waals surface area contributed by atoms with E-state index < -0.39 is 11.9 Å². The van der Waals surface area contributed by atoms with Gasteiger partial charge >= 0.3 is 12.1 Å². The number of aromatic nitrogens is 5. The van der Waals surface area contributed by atoms with Gasteiger partial charge < -0.3 is 24.8 Å². The number of nitrogens with two attached hydrogens (primary N) is 1. The van der Waals surface area contributed by atoms with Crippen molar-refractivity contribution in [3.63, 3.8) is 0 Å². The molecule has 4 aromatic rings. The number of rotatable bonds is 11. The molecule has 6 heterocycles. The number of ether oxygens (including phenoxy) is 3. The molecule has 1 aromatic carbocycles. The molecule has 8 rings (SSSR count). The number of primary amides is 1. The van der Waals surface area contributed by atoms with Gasteiger partial charge in [-0.1, -0.05) is 13.3 Å². The molecule has 3 saturated heterocycles. The average molecular weight is 687 g/mol. The van der Waals surface area contributed by atoms with E-state index in [-0.39, 0.29) is 41.7 Å². The largest absolute Gasteiger partial charge is 0.462 e. The number of nitrogens with one attached hydrogen (secondary N) is 1. The van der Waals surface area contributed by atoms with E-state index in [1.54, 1.807) is 12.4 Å². The SMILES string of the molecule is CCC[C@@H]1CCCN(c2nc(OC[C@H]3CC[C@@H]4COCCN43)nc3c(F)c(-c4c([C@H]5C[C@H]5CCOC(N)=O)c(C)cc5[nH]ncc45)ncc23)C1. The highest BCUT2D eigenvalue weighted by atomic mass is 19.1. The zero-order valence-electron chi connectivity index (χ0n) is 29.0. The molecule has 3 aromatic heterocycles. The van der Waals surface area contributed by atoms with Crippen molar-refractivity contribution >= 4 is 33.7 Å². The van der Waals surface area contributed by atoms with Crippen molar-refractivity contribution in [2.75, 3.05) is 51.0 Å². The van der Waals surface area contributed by atoms with E-state index >= 15 is 4.39 Å². The maximum atomic E-state index is 17.3. The molecule has 1 aliphatic carbocycles. The fourth-order valence-electron chi connectivity index (χ4n) is 8.91. The Labute approximate surface area is 291 Å². The Hall–Kier alpha value is -4.10. The Morgan fingerprint density at radius 2 is 2.06 bits per heavy atom. The van der Waals surface area contributed by atoms with Gasteiger partial charge in [-0.25, -0.2) is 9.18 Å². The summed E-state index contributed by atoms with van der Waals surface area (Å²) in [6.45, 7) is 9.05. The van der Waals surface area contributed by atoms with Crippen molar-refractivity contribution in [1.82, 2.24) is 30.0 Å². The predicted octanol–water partition coefficient (Wildman–Crippen LogP) is 5.86. The van der Waals surface area contributed by atoms with Crippen molar-refractivity contribution < 1.29 is 23.4 Å². The van der Waals surface area contributed by atoms with Gasteiger partial charge in [-0.05, 0) is 86.8 Å². The minimum atomic E-state index is -0.773. The van der Waals surface area contributed by atoms with Gasteiger partial charge in [0.1, 0.15) is 23.6 Å². The molecule has 1 amide bonds. The minimum Gasteiger partial charge on any atom is -0.462 e. The second kappa shape index (κ2) is 13.9. The van der Waals surface area contributed by atoms with E-state index in [4.69, 9.17) is 34.9 Å². The van der Waals surface area contributed by atoms with Crippen LogP contribution in [0.1, 0.15) is 75.3 Å². The number of fused-ring (bicyclic) bond motifs is 3. The van der Waals surface area contributed by atoms with Crippen LogP contribution in [-0.2, 0) is 9.47 Å². The first-order valence-electron chi connectivity index (χ1n) is 18.4. The summed E-state index contributed by atoms with van der Waals surface area (Å²) < 4.78 is 34.4. The lowest BCUT2D eigenvalue weighted by Crippen LogP contribution is -2.46. The van der Waals surface area contributed by atoms with Gasteiger partial charge in [0.25, 0.3) is 0 Å². The molecule has 266 valence electrons. The fraction of sp³-hybridized carbons (Fsp3) is 0.595. The highest BCUT2D eigenvalue weighted by Gasteiger charge is 2.42. The Bertz CT molecular complexity index is 1880. The maximum absolute atomic E-state index is 17.3. The quantitative estimate of drug-likeness (QED) is 0.197. The van der Waals surface area contributed by atoms with Crippen LogP contribution in [0.4, 0.5) is 15.0 Å². The number of H-pyrrole nitrogens is 1. The van der Waals surface area contributed by atoms with E-state index in [0.717, 1.165) is 99.0 Å². The van der Waals surface area contributed by atoms with Crippen molar-refractivity contribution in [2.24, 2.45) is 17.6 Å². The van der Waals surface area contributed by atoms with E-state index in [9.17, 15) is 4.79 Å². The Balaban J connectivity index is 1.19. The second-order valence-electron chi connectivity index (χ2n) is 14.6. The van der Waals surface area contributed by atoms with Gasteiger partial charge in [0, 0.05) is 48.9 Å². The molecule has 12 nitrogen and oxygen atoms in total. The number of carbonyl (C=O) groups is 1. The number of nitrogens with zero attached hydrogens (tertiary/aromatic N) is 6. The van der Waals surface area contributed by atoms with E-state index in [1.807, 2.05) is 6.92 Å². The summed E-state index contributed by atoms with van der Waals surface area (Å²) in [5.41, 5.74) is 9.27. The van der Waals surface area contributed by atoms with Gasteiger partial charge in [0.05, 0.1) is 36.9 Å². The lowest BCUT2D eigenvalue weighted by molar-refractivity contribution is -0.0101. The van der Waals surface area contributed by atoms with Crippen molar-refractivity contribution in [2.45, 2.75) is 83.2 Å². The smallest absolute Gasteiger partial charge is 0.404 e. The first-order valence-corrected chi connectivity index (χ1v) is 18.4. The zero-order chi connectivity index (χ0) is 34.4. The van der Waals surface area contributed by atoms with Crippen LogP contribution < -0.4 is 15.4 Å². The summed E-state index contributed by atoms with van der Waals surface area (Å²) >= 11 is 0. The summed E-state index contributed by atoms with van der Waals surface area (Å²) in [7, 11) is 0. The van der Waals surface area contributed by atoms with Gasteiger partial charge in [0.2, 0.25) is 0 Å². The average Bonchev–Trinajstić information content (AvgIpc) is 3.49.